The number of para-hydroxylation sites is 1. The molecule has 0 amide bonds. The number of nitrogens with zero attached hydrogens (tertiary/aromatic N) is 2. The fourth-order valence-corrected chi connectivity index (χ4v) is 2.87. The number of nitro benzene ring substituents is 1. The molecule has 2 rings (SSSR count). The van der Waals surface area contributed by atoms with E-state index in [9.17, 15) is 20.0 Å². The highest BCUT2D eigenvalue weighted by molar-refractivity contribution is 6.33. The summed E-state index contributed by atoms with van der Waals surface area (Å²) in [5.74, 6) is -0.854. The number of anilines is 1. The van der Waals surface area contributed by atoms with Crippen LogP contribution in [0.3, 0.4) is 0 Å². The molecule has 1 heterocycles. The predicted octanol–water partition coefficient (Wildman–Crippen LogP) is 2.94. The van der Waals surface area contributed by atoms with Crippen LogP contribution in [0.5, 0.6) is 0 Å². The van der Waals surface area contributed by atoms with Crippen LogP contribution in [-0.4, -0.2) is 29.1 Å². The van der Waals surface area contributed by atoms with Crippen LogP contribution < -0.4 is 4.90 Å². The zero-order valence-electron chi connectivity index (χ0n) is 11.0. The molecule has 1 aliphatic heterocycles. The van der Waals surface area contributed by atoms with Crippen LogP contribution in [0.1, 0.15) is 19.8 Å². The summed E-state index contributed by atoms with van der Waals surface area (Å²) in [6.07, 6.45) is 0.968. The number of carbonyl (C=O) groups is 1. The predicted molar refractivity (Wildman–Crippen MR) is 75.3 cm³/mol. The summed E-state index contributed by atoms with van der Waals surface area (Å²) in [6, 6.07) is 4.71. The van der Waals surface area contributed by atoms with E-state index in [4.69, 9.17) is 11.6 Å². The first-order valence-electron chi connectivity index (χ1n) is 6.32. The molecule has 1 aromatic rings. The Bertz CT molecular complexity index is 563. The minimum Gasteiger partial charge on any atom is -0.481 e. The van der Waals surface area contributed by atoms with E-state index in [0.29, 0.717) is 25.1 Å². The van der Waals surface area contributed by atoms with E-state index in [1.54, 1.807) is 17.0 Å². The lowest BCUT2D eigenvalue weighted by Gasteiger charge is -2.24. The molecule has 7 heteroatoms. The van der Waals surface area contributed by atoms with Crippen LogP contribution in [-0.2, 0) is 4.79 Å². The van der Waals surface area contributed by atoms with Crippen LogP contribution in [0.2, 0.25) is 5.02 Å². The Hall–Kier alpha value is -1.82. The van der Waals surface area contributed by atoms with Crippen molar-refractivity contribution in [2.45, 2.75) is 19.8 Å². The molecule has 0 radical (unpaired) electrons. The zero-order chi connectivity index (χ0) is 14.9. The number of carboxylic acid groups (broad SMARTS) is 1. The Morgan fingerprint density at radius 1 is 1.60 bits per heavy atom. The molecule has 1 saturated heterocycles. The molecule has 0 spiro atoms. The average Bonchev–Trinajstić information content (AvgIpc) is 2.83. The van der Waals surface area contributed by atoms with Crippen LogP contribution in [0.4, 0.5) is 11.4 Å². The van der Waals surface area contributed by atoms with Gasteiger partial charge in [0.25, 0.3) is 0 Å². The van der Waals surface area contributed by atoms with E-state index < -0.39 is 16.3 Å². The molecule has 1 fully saturated rings. The topological polar surface area (TPSA) is 83.7 Å². The molecular weight excluding hydrogens is 284 g/mol. The van der Waals surface area contributed by atoms with Gasteiger partial charge in [0, 0.05) is 13.1 Å². The number of halogens is 1. The Kier molecular flexibility index (Phi) is 3.85. The van der Waals surface area contributed by atoms with Gasteiger partial charge in [-0.05, 0) is 25.0 Å². The van der Waals surface area contributed by atoms with Crippen molar-refractivity contribution < 1.29 is 14.8 Å². The van der Waals surface area contributed by atoms with E-state index in [1.165, 1.54) is 6.07 Å². The van der Waals surface area contributed by atoms with Crippen LogP contribution in [0.25, 0.3) is 0 Å². The van der Waals surface area contributed by atoms with Gasteiger partial charge in [-0.1, -0.05) is 24.6 Å². The fraction of sp³-hybridized carbons (Fsp3) is 0.462. The molecule has 1 unspecified atom stereocenters. The van der Waals surface area contributed by atoms with Gasteiger partial charge >= 0.3 is 11.7 Å². The average molecular weight is 299 g/mol. The van der Waals surface area contributed by atoms with Crippen molar-refractivity contribution in [3.05, 3.63) is 33.3 Å². The van der Waals surface area contributed by atoms with E-state index in [0.717, 1.165) is 0 Å². The van der Waals surface area contributed by atoms with Crippen molar-refractivity contribution in [2.24, 2.45) is 5.41 Å². The Morgan fingerprint density at radius 3 is 2.80 bits per heavy atom. The SMILES string of the molecule is CCC1(C(=O)O)CCN(c2cccc(Cl)c2[N+](=O)[O-])C1. The third-order valence-electron chi connectivity index (χ3n) is 3.97. The number of nitro groups is 1. The summed E-state index contributed by atoms with van der Waals surface area (Å²) in [5.41, 5.74) is -0.610. The van der Waals surface area contributed by atoms with Gasteiger partial charge in [-0.3, -0.25) is 14.9 Å². The van der Waals surface area contributed by atoms with Crippen molar-refractivity contribution in [3.8, 4) is 0 Å². The normalized spacial score (nSPS) is 22.0. The van der Waals surface area contributed by atoms with Gasteiger partial charge in [-0.25, -0.2) is 0 Å². The van der Waals surface area contributed by atoms with E-state index in [-0.39, 0.29) is 17.3 Å². The highest BCUT2D eigenvalue weighted by atomic mass is 35.5. The maximum Gasteiger partial charge on any atom is 0.311 e. The summed E-state index contributed by atoms with van der Waals surface area (Å²) in [4.78, 5) is 23.8. The highest BCUT2D eigenvalue weighted by Gasteiger charge is 2.44. The summed E-state index contributed by atoms with van der Waals surface area (Å²) in [5, 5.41) is 20.6. The largest absolute Gasteiger partial charge is 0.481 e. The minimum absolute atomic E-state index is 0.0665. The highest BCUT2D eigenvalue weighted by Crippen LogP contribution is 2.41. The van der Waals surface area contributed by atoms with Crippen LogP contribution in [0, 0.1) is 15.5 Å². The summed E-state index contributed by atoms with van der Waals surface area (Å²) in [6.45, 7) is 2.56. The molecule has 0 aromatic heterocycles. The number of hydrogen-bond donors (Lipinski definition) is 1. The Morgan fingerprint density at radius 2 is 2.30 bits per heavy atom. The summed E-state index contributed by atoms with van der Waals surface area (Å²) in [7, 11) is 0. The number of aliphatic carboxylic acids is 1. The van der Waals surface area contributed by atoms with E-state index in [1.807, 2.05) is 6.92 Å². The monoisotopic (exact) mass is 298 g/mol. The lowest BCUT2D eigenvalue weighted by atomic mass is 9.84. The second kappa shape index (κ2) is 5.28. The molecule has 108 valence electrons. The first kappa shape index (κ1) is 14.6. The van der Waals surface area contributed by atoms with Gasteiger partial charge in [0.2, 0.25) is 0 Å². The summed E-state index contributed by atoms with van der Waals surface area (Å²) < 4.78 is 0. The Balaban J connectivity index is 2.38. The number of rotatable bonds is 4. The minimum atomic E-state index is -0.854. The van der Waals surface area contributed by atoms with Crippen molar-refractivity contribution in [2.75, 3.05) is 18.0 Å². The molecule has 0 bridgehead atoms. The molecule has 1 aromatic carbocycles. The lowest BCUT2D eigenvalue weighted by Crippen LogP contribution is -2.34. The first-order chi connectivity index (χ1) is 9.41. The molecule has 0 aliphatic carbocycles. The van der Waals surface area contributed by atoms with Gasteiger partial charge in [0.05, 0.1) is 10.3 Å². The standard InChI is InChI=1S/C13H15ClN2O4/c1-2-13(12(17)18)6-7-15(8-13)10-5-3-4-9(14)11(10)16(19)20/h3-5H,2,6-8H2,1H3,(H,17,18). The molecule has 1 aliphatic rings. The third kappa shape index (κ3) is 2.31. The van der Waals surface area contributed by atoms with Crippen LogP contribution >= 0.6 is 11.6 Å². The maximum absolute atomic E-state index is 11.4. The van der Waals surface area contributed by atoms with Gasteiger partial charge in [0.1, 0.15) is 10.7 Å². The van der Waals surface area contributed by atoms with Crippen molar-refractivity contribution in [3.63, 3.8) is 0 Å². The second-order valence-electron chi connectivity index (χ2n) is 4.98. The smallest absolute Gasteiger partial charge is 0.311 e. The van der Waals surface area contributed by atoms with Crippen molar-refractivity contribution in [1.82, 2.24) is 0 Å². The molecule has 6 nitrogen and oxygen atoms in total. The van der Waals surface area contributed by atoms with E-state index >= 15 is 0 Å². The zero-order valence-corrected chi connectivity index (χ0v) is 11.8. The number of benzene rings is 1. The third-order valence-corrected chi connectivity index (χ3v) is 4.28. The van der Waals surface area contributed by atoms with Gasteiger partial charge in [0.15, 0.2) is 0 Å². The van der Waals surface area contributed by atoms with Crippen LogP contribution in [0.15, 0.2) is 18.2 Å². The summed E-state index contributed by atoms with van der Waals surface area (Å²) >= 11 is 5.89. The number of carboxylic acids is 1. The first-order valence-corrected chi connectivity index (χ1v) is 6.70. The van der Waals surface area contributed by atoms with Gasteiger partial charge in [-0.2, -0.15) is 0 Å². The molecule has 1 N–H and O–H groups in total. The van der Waals surface area contributed by atoms with Crippen molar-refractivity contribution >= 4 is 28.9 Å². The molecule has 1 atom stereocenters. The lowest BCUT2D eigenvalue weighted by molar-refractivity contribution is -0.384. The Labute approximate surface area is 121 Å². The van der Waals surface area contributed by atoms with E-state index in [2.05, 4.69) is 0 Å². The quantitative estimate of drug-likeness (QED) is 0.682. The second-order valence-corrected chi connectivity index (χ2v) is 5.38. The molecule has 0 saturated carbocycles. The van der Waals surface area contributed by atoms with Gasteiger partial charge in [-0.15, -0.1) is 0 Å². The van der Waals surface area contributed by atoms with Gasteiger partial charge < -0.3 is 10.0 Å². The van der Waals surface area contributed by atoms with Crippen molar-refractivity contribution in [1.29, 1.82) is 0 Å². The molecular formula is C13H15ClN2O4. The maximum atomic E-state index is 11.4. The number of hydrogen-bond acceptors (Lipinski definition) is 4. The molecule has 20 heavy (non-hydrogen) atoms. The fourth-order valence-electron chi connectivity index (χ4n) is 2.63.